The summed E-state index contributed by atoms with van der Waals surface area (Å²) in [5, 5.41) is 9.08. The van der Waals surface area contributed by atoms with Crippen LogP contribution in [0.3, 0.4) is 0 Å². The van der Waals surface area contributed by atoms with E-state index in [1.54, 1.807) is 0 Å². The van der Waals surface area contributed by atoms with Crippen LogP contribution in [0.4, 0.5) is 5.69 Å². The van der Waals surface area contributed by atoms with Crippen LogP contribution in [0.15, 0.2) is 22.7 Å². The molecule has 1 aliphatic rings. The molecule has 0 spiro atoms. The minimum atomic E-state index is -0.736. The summed E-state index contributed by atoms with van der Waals surface area (Å²) in [6.45, 7) is 4.70. The molecule has 4 nitrogen and oxygen atoms in total. The number of piperazine rings is 1. The minimum Gasteiger partial charge on any atom is -0.481 e. The highest BCUT2D eigenvalue weighted by Crippen LogP contribution is 2.28. The Bertz CT molecular complexity index is 479. The van der Waals surface area contributed by atoms with Gasteiger partial charge in [0.05, 0.1) is 12.5 Å². The van der Waals surface area contributed by atoms with Gasteiger partial charge in [-0.15, -0.1) is 0 Å². The highest BCUT2D eigenvalue weighted by Gasteiger charge is 2.28. The first kappa shape index (κ1) is 14.3. The standard InChI is InChI=1S/C14H19BrN2O2/c1-10-7-11(15)3-4-13(10)17-6-5-16(2)9-12(17)8-14(18)19/h3-4,7,12H,5-6,8-9H2,1-2H3,(H,18,19). The largest absolute Gasteiger partial charge is 0.481 e. The van der Waals surface area contributed by atoms with Crippen molar-refractivity contribution in [1.29, 1.82) is 0 Å². The number of carboxylic acid groups (broad SMARTS) is 1. The molecule has 2 rings (SSSR count). The molecule has 1 saturated heterocycles. The Morgan fingerprint density at radius 3 is 2.84 bits per heavy atom. The van der Waals surface area contributed by atoms with E-state index in [-0.39, 0.29) is 12.5 Å². The molecule has 0 amide bonds. The number of hydrogen-bond acceptors (Lipinski definition) is 3. The number of carboxylic acids is 1. The maximum atomic E-state index is 11.0. The number of likely N-dealkylation sites (N-methyl/N-ethyl adjacent to an activating group) is 1. The van der Waals surface area contributed by atoms with E-state index in [2.05, 4.69) is 44.8 Å². The Kier molecular flexibility index (Phi) is 4.47. The van der Waals surface area contributed by atoms with Crippen LogP contribution in [0.5, 0.6) is 0 Å². The number of halogens is 1. The summed E-state index contributed by atoms with van der Waals surface area (Å²) in [5.74, 6) is -0.736. The van der Waals surface area contributed by atoms with Crippen LogP contribution in [0.2, 0.25) is 0 Å². The van der Waals surface area contributed by atoms with Crippen LogP contribution >= 0.6 is 15.9 Å². The molecule has 1 aromatic carbocycles. The lowest BCUT2D eigenvalue weighted by atomic mass is 10.1. The summed E-state index contributed by atoms with van der Waals surface area (Å²) in [4.78, 5) is 15.5. The average molecular weight is 327 g/mol. The Labute approximate surface area is 122 Å². The van der Waals surface area contributed by atoms with Crippen LogP contribution < -0.4 is 4.90 Å². The fourth-order valence-electron chi connectivity index (χ4n) is 2.65. The molecule has 1 aliphatic heterocycles. The number of carbonyl (C=O) groups is 1. The van der Waals surface area contributed by atoms with Gasteiger partial charge in [0, 0.05) is 29.8 Å². The zero-order chi connectivity index (χ0) is 14.0. The van der Waals surface area contributed by atoms with Gasteiger partial charge in [0.25, 0.3) is 0 Å². The summed E-state index contributed by atoms with van der Waals surface area (Å²) < 4.78 is 1.05. The SMILES string of the molecule is Cc1cc(Br)ccc1N1CCN(C)CC1CC(=O)O. The molecule has 0 saturated carbocycles. The fraction of sp³-hybridized carbons (Fsp3) is 0.500. The third-order valence-corrected chi connectivity index (χ3v) is 4.06. The zero-order valence-corrected chi connectivity index (χ0v) is 12.9. The topological polar surface area (TPSA) is 43.8 Å². The normalized spacial score (nSPS) is 20.6. The molecule has 0 aromatic heterocycles. The van der Waals surface area contributed by atoms with Crippen molar-refractivity contribution in [2.45, 2.75) is 19.4 Å². The highest BCUT2D eigenvalue weighted by molar-refractivity contribution is 9.10. The molecule has 0 radical (unpaired) electrons. The number of aliphatic carboxylic acids is 1. The molecule has 5 heteroatoms. The van der Waals surface area contributed by atoms with E-state index in [0.717, 1.165) is 29.8 Å². The summed E-state index contributed by atoms with van der Waals surface area (Å²) in [5.41, 5.74) is 2.32. The van der Waals surface area contributed by atoms with Crippen LogP contribution in [0, 0.1) is 6.92 Å². The Balaban J connectivity index is 2.26. The first-order valence-electron chi connectivity index (χ1n) is 6.40. The van der Waals surface area contributed by atoms with Crippen LogP contribution in [0.1, 0.15) is 12.0 Å². The summed E-state index contributed by atoms with van der Waals surface area (Å²) in [7, 11) is 2.04. The molecule has 1 unspecified atom stereocenters. The van der Waals surface area contributed by atoms with E-state index < -0.39 is 5.97 Å². The minimum absolute atomic E-state index is 0.0381. The number of rotatable bonds is 3. The van der Waals surface area contributed by atoms with Gasteiger partial charge in [0.1, 0.15) is 0 Å². The van der Waals surface area contributed by atoms with Gasteiger partial charge in [-0.3, -0.25) is 4.79 Å². The fourth-order valence-corrected chi connectivity index (χ4v) is 3.12. The lowest BCUT2D eigenvalue weighted by Crippen LogP contribution is -2.53. The van der Waals surface area contributed by atoms with Crippen LogP contribution in [-0.4, -0.2) is 48.7 Å². The molecule has 1 heterocycles. The van der Waals surface area contributed by atoms with Gasteiger partial charge >= 0.3 is 5.97 Å². The van der Waals surface area contributed by atoms with Gasteiger partial charge in [-0.1, -0.05) is 15.9 Å². The van der Waals surface area contributed by atoms with E-state index in [1.165, 1.54) is 5.56 Å². The summed E-state index contributed by atoms with van der Waals surface area (Å²) >= 11 is 3.46. The van der Waals surface area contributed by atoms with Crippen molar-refractivity contribution < 1.29 is 9.90 Å². The second-order valence-corrected chi connectivity index (χ2v) is 6.05. The van der Waals surface area contributed by atoms with Gasteiger partial charge in [0.15, 0.2) is 0 Å². The third-order valence-electron chi connectivity index (χ3n) is 3.56. The average Bonchev–Trinajstić information content (AvgIpc) is 2.30. The molecule has 19 heavy (non-hydrogen) atoms. The quantitative estimate of drug-likeness (QED) is 0.926. The number of anilines is 1. The van der Waals surface area contributed by atoms with Crippen molar-refractivity contribution in [2.75, 3.05) is 31.6 Å². The Morgan fingerprint density at radius 2 is 2.21 bits per heavy atom. The molecule has 104 valence electrons. The monoisotopic (exact) mass is 326 g/mol. The van der Waals surface area contributed by atoms with Gasteiger partial charge in [-0.2, -0.15) is 0 Å². The van der Waals surface area contributed by atoms with Gasteiger partial charge in [0.2, 0.25) is 0 Å². The van der Waals surface area contributed by atoms with E-state index in [1.807, 2.05) is 13.1 Å². The van der Waals surface area contributed by atoms with Crippen molar-refractivity contribution in [2.24, 2.45) is 0 Å². The van der Waals surface area contributed by atoms with Gasteiger partial charge in [-0.05, 0) is 37.7 Å². The maximum absolute atomic E-state index is 11.0. The van der Waals surface area contributed by atoms with E-state index in [0.29, 0.717) is 0 Å². The van der Waals surface area contributed by atoms with E-state index in [9.17, 15) is 4.79 Å². The Hall–Kier alpha value is -1.07. The van der Waals surface area contributed by atoms with Crippen LogP contribution in [0.25, 0.3) is 0 Å². The Morgan fingerprint density at radius 1 is 1.47 bits per heavy atom. The highest BCUT2D eigenvalue weighted by atomic mass is 79.9. The van der Waals surface area contributed by atoms with Gasteiger partial charge in [-0.25, -0.2) is 0 Å². The maximum Gasteiger partial charge on any atom is 0.305 e. The van der Waals surface area contributed by atoms with Gasteiger partial charge < -0.3 is 14.9 Å². The summed E-state index contributed by atoms with van der Waals surface area (Å²) in [6.07, 6.45) is 0.180. The predicted molar refractivity (Wildman–Crippen MR) is 79.8 cm³/mol. The van der Waals surface area contributed by atoms with Crippen molar-refractivity contribution in [1.82, 2.24) is 4.90 Å². The first-order chi connectivity index (χ1) is 8.97. The lowest BCUT2D eigenvalue weighted by Gasteiger charge is -2.41. The van der Waals surface area contributed by atoms with Crippen molar-refractivity contribution in [3.8, 4) is 0 Å². The smallest absolute Gasteiger partial charge is 0.305 e. The first-order valence-corrected chi connectivity index (χ1v) is 7.20. The molecule has 1 atom stereocenters. The molecule has 0 aliphatic carbocycles. The van der Waals surface area contributed by atoms with Crippen molar-refractivity contribution >= 4 is 27.6 Å². The molecule has 1 N–H and O–H groups in total. The number of benzene rings is 1. The summed E-state index contributed by atoms with van der Waals surface area (Å²) in [6, 6.07) is 6.19. The molecular formula is C14H19BrN2O2. The third kappa shape index (κ3) is 3.48. The number of nitrogens with zero attached hydrogens (tertiary/aromatic N) is 2. The number of hydrogen-bond donors (Lipinski definition) is 1. The molecule has 1 aromatic rings. The predicted octanol–water partition coefficient (Wildman–Crippen LogP) is 2.35. The van der Waals surface area contributed by atoms with Crippen LogP contribution in [-0.2, 0) is 4.79 Å². The molecular weight excluding hydrogens is 308 g/mol. The van der Waals surface area contributed by atoms with Crippen molar-refractivity contribution in [3.63, 3.8) is 0 Å². The van der Waals surface area contributed by atoms with E-state index in [4.69, 9.17) is 5.11 Å². The molecule has 0 bridgehead atoms. The lowest BCUT2D eigenvalue weighted by molar-refractivity contribution is -0.137. The zero-order valence-electron chi connectivity index (χ0n) is 11.3. The number of aryl methyl sites for hydroxylation is 1. The van der Waals surface area contributed by atoms with Crippen molar-refractivity contribution in [3.05, 3.63) is 28.2 Å². The molecule has 1 fully saturated rings. The van der Waals surface area contributed by atoms with E-state index >= 15 is 0 Å². The second-order valence-electron chi connectivity index (χ2n) is 5.14. The second kappa shape index (κ2) is 5.92.